The molecule has 5 nitrogen and oxygen atoms in total. The van der Waals surface area contributed by atoms with Crippen LogP contribution in [-0.4, -0.2) is 30.1 Å². The number of hydrogen-bond acceptors (Lipinski definition) is 4. The molecule has 0 aromatic heterocycles. The van der Waals surface area contributed by atoms with E-state index in [0.29, 0.717) is 6.54 Å². The van der Waals surface area contributed by atoms with Crippen molar-refractivity contribution >= 4 is 17.6 Å². The highest BCUT2D eigenvalue weighted by atomic mass is 16.6. The van der Waals surface area contributed by atoms with Crippen LogP contribution in [-0.2, 0) is 32.1 Å². The number of hydrogen-bond donors (Lipinski definition) is 0. The molecule has 4 atom stereocenters. The molecule has 1 amide bonds. The van der Waals surface area contributed by atoms with Crippen molar-refractivity contribution in [2.45, 2.75) is 31.7 Å². The summed E-state index contributed by atoms with van der Waals surface area (Å²) in [5, 5.41) is 0. The molecule has 0 N–H and O–H groups in total. The second kappa shape index (κ2) is 6.85. The fraction of sp³-hybridized carbons (Fsp3) is 0.333. The summed E-state index contributed by atoms with van der Waals surface area (Å²) in [5.74, 6) is -1.57. The van der Waals surface area contributed by atoms with E-state index in [2.05, 4.69) is 6.92 Å². The van der Waals surface area contributed by atoms with E-state index in [1.165, 1.54) is 5.56 Å². The third-order valence-electron chi connectivity index (χ3n) is 6.25. The van der Waals surface area contributed by atoms with Gasteiger partial charge in [0.15, 0.2) is 0 Å². The lowest BCUT2D eigenvalue weighted by atomic mass is 9.77. The van der Waals surface area contributed by atoms with Crippen molar-refractivity contribution in [3.63, 3.8) is 0 Å². The normalized spacial score (nSPS) is 29.3. The van der Waals surface area contributed by atoms with E-state index in [1.54, 1.807) is 4.90 Å². The Labute approximate surface area is 169 Å². The third kappa shape index (κ3) is 2.88. The van der Waals surface area contributed by atoms with E-state index in [4.69, 9.17) is 9.47 Å². The first-order valence-electron chi connectivity index (χ1n) is 10.1. The summed E-state index contributed by atoms with van der Waals surface area (Å²) in [5.41, 5.74) is 2.25. The van der Waals surface area contributed by atoms with E-state index < -0.39 is 23.5 Å². The highest BCUT2D eigenvalue weighted by Crippen LogP contribution is 2.52. The SMILES string of the molecule is CCc1ccc(N2C[C@]34C=C[C@H](O3)[C@H](C(=O)OCc3ccccc3)[C@@H]4C2=O)cc1. The van der Waals surface area contributed by atoms with Gasteiger partial charge in [0, 0.05) is 5.69 Å². The molecule has 29 heavy (non-hydrogen) atoms. The van der Waals surface area contributed by atoms with Crippen molar-refractivity contribution in [1.29, 1.82) is 0 Å². The minimum atomic E-state index is -0.735. The monoisotopic (exact) mass is 389 g/mol. The van der Waals surface area contributed by atoms with Crippen molar-refractivity contribution in [3.8, 4) is 0 Å². The van der Waals surface area contributed by atoms with Gasteiger partial charge in [0.2, 0.25) is 5.91 Å². The molecule has 2 aromatic carbocycles. The molecule has 3 heterocycles. The molecule has 2 saturated heterocycles. The topological polar surface area (TPSA) is 55.8 Å². The second-order valence-electron chi connectivity index (χ2n) is 7.94. The maximum absolute atomic E-state index is 13.3. The number of rotatable bonds is 5. The number of carbonyl (C=O) groups excluding carboxylic acids is 2. The smallest absolute Gasteiger partial charge is 0.313 e. The first kappa shape index (κ1) is 18.1. The van der Waals surface area contributed by atoms with Crippen molar-refractivity contribution < 1.29 is 19.1 Å². The Hall–Kier alpha value is -2.92. The standard InChI is InChI=1S/C24H23NO4/c1-2-16-8-10-18(11-9-16)25-15-24-13-12-19(29-24)20(21(24)22(25)26)23(27)28-14-17-6-4-3-5-7-17/h3-13,19-21H,2,14-15H2,1H3/t19-,20-,21+,24-/m0/s1. The fourth-order valence-corrected chi connectivity index (χ4v) is 4.72. The number of carbonyl (C=O) groups is 2. The zero-order valence-electron chi connectivity index (χ0n) is 16.3. The second-order valence-corrected chi connectivity index (χ2v) is 7.94. The van der Waals surface area contributed by atoms with Crippen LogP contribution in [0.1, 0.15) is 18.1 Å². The molecule has 2 aromatic rings. The largest absolute Gasteiger partial charge is 0.460 e. The van der Waals surface area contributed by atoms with Gasteiger partial charge in [0.05, 0.1) is 18.6 Å². The Bertz CT molecular complexity index is 968. The maximum atomic E-state index is 13.3. The van der Waals surface area contributed by atoms with E-state index in [0.717, 1.165) is 17.7 Å². The van der Waals surface area contributed by atoms with E-state index in [-0.39, 0.29) is 18.5 Å². The minimum absolute atomic E-state index is 0.0669. The van der Waals surface area contributed by atoms with Gasteiger partial charge in [0.1, 0.15) is 18.1 Å². The quantitative estimate of drug-likeness (QED) is 0.582. The first-order chi connectivity index (χ1) is 14.1. The van der Waals surface area contributed by atoms with Crippen molar-refractivity contribution in [1.82, 2.24) is 0 Å². The Morgan fingerprint density at radius 1 is 1.14 bits per heavy atom. The lowest BCUT2D eigenvalue weighted by Gasteiger charge is -2.22. The lowest BCUT2D eigenvalue weighted by Crippen LogP contribution is -2.40. The number of benzene rings is 2. The predicted molar refractivity (Wildman–Crippen MR) is 108 cm³/mol. The van der Waals surface area contributed by atoms with Crippen LogP contribution in [0.25, 0.3) is 0 Å². The van der Waals surface area contributed by atoms with Gasteiger partial charge in [-0.05, 0) is 29.7 Å². The summed E-state index contributed by atoms with van der Waals surface area (Å²) in [6, 6.07) is 17.6. The summed E-state index contributed by atoms with van der Waals surface area (Å²) in [6.45, 7) is 2.72. The van der Waals surface area contributed by atoms with Crippen molar-refractivity contribution in [3.05, 3.63) is 77.9 Å². The van der Waals surface area contributed by atoms with Crippen LogP contribution in [0.4, 0.5) is 5.69 Å². The van der Waals surface area contributed by atoms with Gasteiger partial charge < -0.3 is 14.4 Å². The number of fused-ring (bicyclic) bond motifs is 1. The molecule has 0 aliphatic carbocycles. The molecule has 3 aliphatic rings. The number of nitrogens with zero attached hydrogens (tertiary/aromatic N) is 1. The molecule has 2 fully saturated rings. The molecule has 2 bridgehead atoms. The molecule has 0 saturated carbocycles. The van der Waals surface area contributed by atoms with Crippen LogP contribution in [0.15, 0.2) is 66.7 Å². The van der Waals surface area contributed by atoms with Crippen LogP contribution < -0.4 is 4.90 Å². The zero-order chi connectivity index (χ0) is 20.0. The molecule has 1 spiro atoms. The summed E-state index contributed by atoms with van der Waals surface area (Å²) in [6.07, 6.45) is 4.42. The maximum Gasteiger partial charge on any atom is 0.313 e. The minimum Gasteiger partial charge on any atom is -0.460 e. The Kier molecular flexibility index (Phi) is 4.28. The Balaban J connectivity index is 1.37. The van der Waals surface area contributed by atoms with Crippen LogP contribution in [0.2, 0.25) is 0 Å². The molecule has 0 radical (unpaired) electrons. The lowest BCUT2D eigenvalue weighted by molar-refractivity contribution is -0.153. The number of amides is 1. The molecule has 5 rings (SSSR count). The highest BCUT2D eigenvalue weighted by molar-refractivity contribution is 6.02. The molecule has 0 unspecified atom stereocenters. The Morgan fingerprint density at radius 3 is 2.62 bits per heavy atom. The number of esters is 1. The van der Waals surface area contributed by atoms with Crippen LogP contribution in [0, 0.1) is 11.8 Å². The third-order valence-corrected chi connectivity index (χ3v) is 6.25. The highest BCUT2D eigenvalue weighted by Gasteiger charge is 2.67. The van der Waals surface area contributed by atoms with Crippen LogP contribution in [0.5, 0.6) is 0 Å². The zero-order valence-corrected chi connectivity index (χ0v) is 16.3. The van der Waals surface area contributed by atoms with Crippen LogP contribution in [0.3, 0.4) is 0 Å². The molecular formula is C24H23NO4. The van der Waals surface area contributed by atoms with Gasteiger partial charge in [-0.2, -0.15) is 0 Å². The summed E-state index contributed by atoms with van der Waals surface area (Å²) in [7, 11) is 0. The van der Waals surface area contributed by atoms with Crippen LogP contribution >= 0.6 is 0 Å². The van der Waals surface area contributed by atoms with E-state index in [9.17, 15) is 9.59 Å². The number of ether oxygens (including phenoxy) is 2. The van der Waals surface area contributed by atoms with Gasteiger partial charge in [0.25, 0.3) is 0 Å². The summed E-state index contributed by atoms with van der Waals surface area (Å²) >= 11 is 0. The molecule has 148 valence electrons. The molecule has 5 heteroatoms. The van der Waals surface area contributed by atoms with Crippen molar-refractivity contribution in [2.24, 2.45) is 11.8 Å². The number of anilines is 1. The first-order valence-corrected chi connectivity index (χ1v) is 10.1. The van der Waals surface area contributed by atoms with Gasteiger partial charge >= 0.3 is 5.97 Å². The van der Waals surface area contributed by atoms with Gasteiger partial charge in [-0.1, -0.05) is 61.5 Å². The van der Waals surface area contributed by atoms with E-state index >= 15 is 0 Å². The van der Waals surface area contributed by atoms with Gasteiger partial charge in [-0.15, -0.1) is 0 Å². The molecular weight excluding hydrogens is 366 g/mol. The predicted octanol–water partition coefficient (Wildman–Crippen LogP) is 3.28. The van der Waals surface area contributed by atoms with Gasteiger partial charge in [-0.25, -0.2) is 0 Å². The van der Waals surface area contributed by atoms with Gasteiger partial charge in [-0.3, -0.25) is 9.59 Å². The fourth-order valence-electron chi connectivity index (χ4n) is 4.72. The summed E-state index contributed by atoms with van der Waals surface area (Å²) in [4.78, 5) is 28.0. The van der Waals surface area contributed by atoms with E-state index in [1.807, 2.05) is 66.7 Å². The average molecular weight is 389 g/mol. The molecule has 3 aliphatic heterocycles. The summed E-state index contributed by atoms with van der Waals surface area (Å²) < 4.78 is 11.7. The average Bonchev–Trinajstić information content (AvgIpc) is 3.41. The Morgan fingerprint density at radius 2 is 1.90 bits per heavy atom. The number of aryl methyl sites for hydroxylation is 1. The van der Waals surface area contributed by atoms with Crippen molar-refractivity contribution in [2.75, 3.05) is 11.4 Å².